The van der Waals surface area contributed by atoms with Crippen molar-refractivity contribution in [2.45, 2.75) is 11.7 Å². The Hall–Kier alpha value is -2.13. The molecule has 1 unspecified atom stereocenters. The summed E-state index contributed by atoms with van der Waals surface area (Å²) in [6.07, 6.45) is 0.728. The van der Waals surface area contributed by atoms with E-state index in [0.717, 1.165) is 24.0 Å². The van der Waals surface area contributed by atoms with E-state index in [9.17, 15) is 19.1 Å². The number of phenols is 1. The van der Waals surface area contributed by atoms with Gasteiger partial charge in [0.2, 0.25) is 5.91 Å². The third kappa shape index (κ3) is 3.95. The minimum absolute atomic E-state index is 0.00330. The zero-order chi connectivity index (χ0) is 16.3. The van der Waals surface area contributed by atoms with Crippen molar-refractivity contribution in [2.75, 3.05) is 0 Å². The van der Waals surface area contributed by atoms with Crippen LogP contribution in [0.3, 0.4) is 0 Å². The Kier molecular flexibility index (Phi) is 4.99. The standard InChI is InChI=1S/C12H9ClFN3O4S/c13-6-1-5(7(14)2-8(6)18)4-15-17-12-16-11(21)9(22-12)3-10(19)20/h1-2,4,9,18H,3H2,(H,19,20)(H,16,17,21). The molecule has 10 heteroatoms. The fourth-order valence-electron chi connectivity index (χ4n) is 1.54. The van der Waals surface area contributed by atoms with E-state index in [1.807, 2.05) is 0 Å². The molecule has 7 nitrogen and oxygen atoms in total. The summed E-state index contributed by atoms with van der Waals surface area (Å²) in [6, 6.07) is 2.01. The molecule has 1 aromatic rings. The van der Waals surface area contributed by atoms with Crippen LogP contribution in [-0.4, -0.2) is 38.7 Å². The Bertz CT molecular complexity index is 695. The fourth-order valence-corrected chi connectivity index (χ4v) is 2.63. The van der Waals surface area contributed by atoms with Crippen LogP contribution in [0.1, 0.15) is 12.0 Å². The highest BCUT2D eigenvalue weighted by Crippen LogP contribution is 2.25. The quantitative estimate of drug-likeness (QED) is 0.566. The summed E-state index contributed by atoms with van der Waals surface area (Å²) in [5, 5.41) is 26.8. The first-order chi connectivity index (χ1) is 10.4. The molecule has 1 fully saturated rings. The first-order valence-electron chi connectivity index (χ1n) is 5.85. The van der Waals surface area contributed by atoms with Crippen LogP contribution in [0, 0.1) is 5.82 Å². The molecule has 1 aromatic carbocycles. The highest BCUT2D eigenvalue weighted by Gasteiger charge is 2.32. The summed E-state index contributed by atoms with van der Waals surface area (Å²) in [4.78, 5) is 22.0. The molecular weight excluding hydrogens is 337 g/mol. The van der Waals surface area contributed by atoms with Gasteiger partial charge in [-0.25, -0.2) is 4.39 Å². The Balaban J connectivity index is 2.08. The smallest absolute Gasteiger partial charge is 0.305 e. The number of halogens is 2. The predicted octanol–water partition coefficient (Wildman–Crippen LogP) is 1.58. The maximum Gasteiger partial charge on any atom is 0.305 e. The maximum atomic E-state index is 13.5. The van der Waals surface area contributed by atoms with Gasteiger partial charge in [-0.2, -0.15) is 5.10 Å². The third-order valence-electron chi connectivity index (χ3n) is 2.55. The van der Waals surface area contributed by atoms with Gasteiger partial charge in [-0.3, -0.25) is 9.59 Å². The van der Waals surface area contributed by atoms with Gasteiger partial charge >= 0.3 is 5.97 Å². The van der Waals surface area contributed by atoms with E-state index in [1.165, 1.54) is 6.07 Å². The number of carboxylic acids is 1. The van der Waals surface area contributed by atoms with Crippen molar-refractivity contribution in [1.82, 2.24) is 5.32 Å². The number of benzene rings is 1. The van der Waals surface area contributed by atoms with Crippen molar-refractivity contribution in [2.24, 2.45) is 10.2 Å². The molecule has 1 aliphatic heterocycles. The number of hydrogen-bond donors (Lipinski definition) is 3. The summed E-state index contributed by atoms with van der Waals surface area (Å²) in [6.45, 7) is 0. The Morgan fingerprint density at radius 1 is 1.55 bits per heavy atom. The molecule has 1 atom stereocenters. The number of phenolic OH excluding ortho intramolecular Hbond substituents is 1. The molecule has 0 aromatic heterocycles. The number of nitrogens with one attached hydrogen (secondary N) is 1. The Morgan fingerprint density at radius 3 is 2.95 bits per heavy atom. The molecule has 1 amide bonds. The fraction of sp³-hybridized carbons (Fsp3) is 0.167. The van der Waals surface area contributed by atoms with E-state index in [-0.39, 0.29) is 22.2 Å². The summed E-state index contributed by atoms with van der Waals surface area (Å²) < 4.78 is 13.5. The van der Waals surface area contributed by atoms with Gasteiger partial charge in [0.05, 0.1) is 17.7 Å². The number of aliphatic carboxylic acids is 1. The summed E-state index contributed by atoms with van der Waals surface area (Å²) in [7, 11) is 0. The van der Waals surface area contributed by atoms with Gasteiger partial charge in [0.15, 0.2) is 5.17 Å². The van der Waals surface area contributed by atoms with E-state index in [4.69, 9.17) is 16.7 Å². The number of rotatable bonds is 4. The van der Waals surface area contributed by atoms with Crippen molar-refractivity contribution in [3.8, 4) is 5.75 Å². The van der Waals surface area contributed by atoms with Crippen LogP contribution < -0.4 is 5.32 Å². The number of thioether (sulfide) groups is 1. The molecule has 1 saturated heterocycles. The van der Waals surface area contributed by atoms with E-state index < -0.39 is 28.7 Å². The predicted molar refractivity (Wildman–Crippen MR) is 79.9 cm³/mol. The number of amidine groups is 1. The number of hydrogen-bond acceptors (Lipinski definition) is 6. The topological polar surface area (TPSA) is 111 Å². The van der Waals surface area contributed by atoms with Crippen LogP contribution in [0.5, 0.6) is 5.75 Å². The number of aromatic hydroxyl groups is 1. The van der Waals surface area contributed by atoms with Gasteiger partial charge in [-0.05, 0) is 6.07 Å². The van der Waals surface area contributed by atoms with Crippen LogP contribution in [0.2, 0.25) is 5.02 Å². The van der Waals surface area contributed by atoms with Crippen molar-refractivity contribution in [3.05, 3.63) is 28.5 Å². The van der Waals surface area contributed by atoms with Gasteiger partial charge in [0.25, 0.3) is 0 Å². The number of carbonyl (C=O) groups excluding carboxylic acids is 1. The van der Waals surface area contributed by atoms with Crippen molar-refractivity contribution in [1.29, 1.82) is 0 Å². The van der Waals surface area contributed by atoms with E-state index in [1.54, 1.807) is 0 Å². The van der Waals surface area contributed by atoms with E-state index in [0.29, 0.717) is 0 Å². The Labute approximate surface area is 132 Å². The first-order valence-corrected chi connectivity index (χ1v) is 7.11. The molecule has 116 valence electrons. The zero-order valence-corrected chi connectivity index (χ0v) is 12.4. The lowest BCUT2D eigenvalue weighted by molar-refractivity contribution is -0.138. The average molecular weight is 346 g/mol. The molecule has 3 N–H and O–H groups in total. The lowest BCUT2D eigenvalue weighted by Crippen LogP contribution is -2.26. The SMILES string of the molecule is O=C(O)CC1SC(=NN=Cc2cc(Cl)c(O)cc2F)NC1=O. The summed E-state index contributed by atoms with van der Waals surface area (Å²) in [5.74, 6) is -2.70. The molecule has 0 bridgehead atoms. The van der Waals surface area contributed by atoms with E-state index in [2.05, 4.69) is 15.5 Å². The summed E-state index contributed by atoms with van der Waals surface area (Å²) >= 11 is 6.57. The average Bonchev–Trinajstić information content (AvgIpc) is 2.75. The van der Waals surface area contributed by atoms with Crippen molar-refractivity contribution in [3.63, 3.8) is 0 Å². The third-order valence-corrected chi connectivity index (χ3v) is 3.92. The second-order valence-electron chi connectivity index (χ2n) is 4.17. The monoisotopic (exact) mass is 345 g/mol. The van der Waals surface area contributed by atoms with Crippen LogP contribution >= 0.6 is 23.4 Å². The van der Waals surface area contributed by atoms with Crippen LogP contribution in [0.15, 0.2) is 22.3 Å². The molecular formula is C12H9ClFN3O4S. The van der Waals surface area contributed by atoms with Gasteiger partial charge in [-0.15, -0.1) is 5.10 Å². The number of nitrogens with zero attached hydrogens (tertiary/aromatic N) is 2. The second-order valence-corrected chi connectivity index (χ2v) is 5.77. The second kappa shape index (κ2) is 6.75. The lowest BCUT2D eigenvalue weighted by Gasteiger charge is -1.99. The molecule has 1 aliphatic rings. The minimum Gasteiger partial charge on any atom is -0.506 e. The normalized spacial score (nSPS) is 19.8. The highest BCUT2D eigenvalue weighted by molar-refractivity contribution is 8.15. The largest absolute Gasteiger partial charge is 0.506 e. The molecule has 1 heterocycles. The molecule has 22 heavy (non-hydrogen) atoms. The lowest BCUT2D eigenvalue weighted by atomic mass is 10.2. The maximum absolute atomic E-state index is 13.5. The van der Waals surface area contributed by atoms with Crippen molar-refractivity contribution < 1.29 is 24.2 Å². The highest BCUT2D eigenvalue weighted by atomic mass is 35.5. The molecule has 0 saturated carbocycles. The number of amides is 1. The Morgan fingerprint density at radius 2 is 2.27 bits per heavy atom. The number of carboxylic acid groups (broad SMARTS) is 1. The molecule has 2 rings (SSSR count). The zero-order valence-electron chi connectivity index (χ0n) is 10.8. The van der Waals surface area contributed by atoms with Gasteiger partial charge in [0, 0.05) is 11.6 Å². The van der Waals surface area contributed by atoms with E-state index >= 15 is 0 Å². The van der Waals surface area contributed by atoms with Gasteiger partial charge < -0.3 is 15.5 Å². The molecule has 0 aliphatic carbocycles. The minimum atomic E-state index is -1.10. The summed E-state index contributed by atoms with van der Waals surface area (Å²) in [5.41, 5.74) is 0.00330. The van der Waals surface area contributed by atoms with Crippen LogP contribution in [-0.2, 0) is 9.59 Å². The van der Waals surface area contributed by atoms with Crippen molar-refractivity contribution >= 4 is 46.6 Å². The number of carbonyl (C=O) groups is 2. The van der Waals surface area contributed by atoms with Gasteiger partial charge in [0.1, 0.15) is 16.8 Å². The van der Waals surface area contributed by atoms with Gasteiger partial charge in [-0.1, -0.05) is 23.4 Å². The molecule has 0 spiro atoms. The van der Waals surface area contributed by atoms with Crippen LogP contribution in [0.25, 0.3) is 0 Å². The first kappa shape index (κ1) is 16.2. The molecule has 0 radical (unpaired) electrons. The van der Waals surface area contributed by atoms with Crippen LogP contribution in [0.4, 0.5) is 4.39 Å².